The van der Waals surface area contributed by atoms with Crippen LogP contribution in [0.25, 0.3) is 21.9 Å². The number of imidazole rings is 1. The number of aliphatic hydroxyl groups is 1. The van der Waals surface area contributed by atoms with Crippen LogP contribution in [-0.4, -0.2) is 33.1 Å². The van der Waals surface area contributed by atoms with E-state index in [-0.39, 0.29) is 30.3 Å². The molecule has 0 aliphatic heterocycles. The van der Waals surface area contributed by atoms with Gasteiger partial charge in [0.05, 0.1) is 29.7 Å². The fourth-order valence-corrected chi connectivity index (χ4v) is 3.61. The molecule has 6 nitrogen and oxygen atoms in total. The number of fused-ring (bicyclic) bond motifs is 1. The Bertz CT molecular complexity index is 1050. The molecule has 1 aromatic carbocycles. The lowest BCUT2D eigenvalue weighted by atomic mass is 10.1. The number of aromatic nitrogens is 2. The summed E-state index contributed by atoms with van der Waals surface area (Å²) >= 11 is 1.50. The maximum Gasteiger partial charge on any atom is 0.194 e. The van der Waals surface area contributed by atoms with Gasteiger partial charge in [0.2, 0.25) is 0 Å². The van der Waals surface area contributed by atoms with Crippen LogP contribution >= 0.6 is 11.3 Å². The predicted molar refractivity (Wildman–Crippen MR) is 117 cm³/mol. The summed E-state index contributed by atoms with van der Waals surface area (Å²) in [5.74, 6) is 0.0120. The van der Waals surface area contributed by atoms with E-state index in [4.69, 9.17) is 10.7 Å². The van der Waals surface area contributed by atoms with Crippen LogP contribution in [0.4, 0.5) is 4.39 Å². The molecule has 0 radical (unpaired) electrons. The lowest BCUT2D eigenvalue weighted by molar-refractivity contribution is 0.239. The minimum Gasteiger partial charge on any atom is -0.394 e. The van der Waals surface area contributed by atoms with E-state index >= 15 is 0 Å². The number of halogens is 1. The molecule has 8 heteroatoms. The van der Waals surface area contributed by atoms with Gasteiger partial charge in [-0.25, -0.2) is 14.4 Å². The number of nitrogens with one attached hydrogen (secondary N) is 1. The molecule has 152 valence electrons. The van der Waals surface area contributed by atoms with E-state index in [9.17, 15) is 9.50 Å². The highest BCUT2D eigenvalue weighted by molar-refractivity contribution is 7.15. The third-order valence-corrected chi connectivity index (χ3v) is 5.20. The first-order chi connectivity index (χ1) is 13.9. The molecule has 29 heavy (non-hydrogen) atoms. The number of guanidine groups is 1. The number of aliphatic hydroxyl groups excluding tert-OH is 1. The largest absolute Gasteiger partial charge is 0.394 e. The number of allylic oxidation sites excluding steroid dienone is 2. The first kappa shape index (κ1) is 20.8. The zero-order valence-corrected chi connectivity index (χ0v) is 17.2. The van der Waals surface area contributed by atoms with Gasteiger partial charge in [-0.15, -0.1) is 11.3 Å². The van der Waals surface area contributed by atoms with E-state index in [0.717, 1.165) is 16.2 Å². The summed E-state index contributed by atoms with van der Waals surface area (Å²) in [7, 11) is 0. The van der Waals surface area contributed by atoms with Crippen molar-refractivity contribution >= 4 is 28.0 Å². The average molecular weight is 414 g/mol. The van der Waals surface area contributed by atoms with Gasteiger partial charge in [0.25, 0.3) is 0 Å². The van der Waals surface area contributed by atoms with Gasteiger partial charge in [-0.1, -0.05) is 26.5 Å². The van der Waals surface area contributed by atoms with Crippen LogP contribution < -0.4 is 11.1 Å². The number of thiazole rings is 1. The van der Waals surface area contributed by atoms with Gasteiger partial charge >= 0.3 is 0 Å². The highest BCUT2D eigenvalue weighted by Crippen LogP contribution is 2.30. The number of hydrogen-bond acceptors (Lipinski definition) is 4. The van der Waals surface area contributed by atoms with Gasteiger partial charge in [0, 0.05) is 17.1 Å². The number of nitrogens with two attached hydrogens (primary N) is 1. The molecule has 0 saturated carbocycles. The highest BCUT2D eigenvalue weighted by atomic mass is 32.1. The number of aliphatic imine (C=N–C) groups is 1. The Balaban J connectivity index is 2.08. The van der Waals surface area contributed by atoms with Crippen LogP contribution in [0.2, 0.25) is 0 Å². The summed E-state index contributed by atoms with van der Waals surface area (Å²) in [6, 6.07) is 5.88. The van der Waals surface area contributed by atoms with Crippen LogP contribution in [0.3, 0.4) is 0 Å². The minimum absolute atomic E-state index is 0.0944. The Morgan fingerprint density at radius 1 is 1.41 bits per heavy atom. The van der Waals surface area contributed by atoms with E-state index in [1.165, 1.54) is 23.5 Å². The lowest BCUT2D eigenvalue weighted by Crippen LogP contribution is -2.34. The second-order valence-corrected chi connectivity index (χ2v) is 7.69. The van der Waals surface area contributed by atoms with Gasteiger partial charge in [-0.3, -0.25) is 4.40 Å². The SMILES string of the molecule is C=C/C=C(\NC(N)=NC(CO)C(C)C)c1c(-c2ccc(F)cc2)nc2sccn12. The molecule has 3 rings (SSSR count). The fraction of sp³-hybridized carbons (Fsp3) is 0.238. The van der Waals surface area contributed by atoms with E-state index in [2.05, 4.69) is 16.9 Å². The molecule has 2 aromatic heterocycles. The smallest absolute Gasteiger partial charge is 0.194 e. The van der Waals surface area contributed by atoms with Crippen molar-refractivity contribution in [2.45, 2.75) is 19.9 Å². The summed E-state index contributed by atoms with van der Waals surface area (Å²) in [5, 5.41) is 14.6. The Kier molecular flexibility index (Phi) is 6.46. The Labute approximate surface area is 172 Å². The maximum absolute atomic E-state index is 13.4. The molecular weight excluding hydrogens is 389 g/mol. The van der Waals surface area contributed by atoms with Crippen molar-refractivity contribution in [1.29, 1.82) is 0 Å². The molecule has 0 aliphatic rings. The van der Waals surface area contributed by atoms with Crippen LogP contribution in [-0.2, 0) is 0 Å². The van der Waals surface area contributed by atoms with Crippen molar-refractivity contribution in [3.63, 3.8) is 0 Å². The van der Waals surface area contributed by atoms with Gasteiger partial charge in [0.15, 0.2) is 10.9 Å². The maximum atomic E-state index is 13.4. The van der Waals surface area contributed by atoms with Crippen LogP contribution in [0.15, 0.2) is 59.6 Å². The molecule has 0 aliphatic carbocycles. The lowest BCUT2D eigenvalue weighted by Gasteiger charge is -2.16. The van der Waals surface area contributed by atoms with E-state index in [1.807, 2.05) is 29.8 Å². The molecule has 0 amide bonds. The number of hydrogen-bond donors (Lipinski definition) is 3. The molecule has 0 bridgehead atoms. The van der Waals surface area contributed by atoms with Crippen molar-refractivity contribution in [2.24, 2.45) is 16.6 Å². The normalized spacial score (nSPS) is 13.8. The predicted octanol–water partition coefficient (Wildman–Crippen LogP) is 3.65. The van der Waals surface area contributed by atoms with Gasteiger partial charge in [-0.05, 0) is 36.3 Å². The van der Waals surface area contributed by atoms with Gasteiger partial charge < -0.3 is 16.2 Å². The topological polar surface area (TPSA) is 87.9 Å². The van der Waals surface area contributed by atoms with Crippen molar-refractivity contribution in [3.05, 3.63) is 66.1 Å². The fourth-order valence-electron chi connectivity index (χ4n) is 2.90. The molecule has 0 spiro atoms. The number of nitrogens with zero attached hydrogens (tertiary/aromatic N) is 3. The van der Waals surface area contributed by atoms with E-state index in [0.29, 0.717) is 11.4 Å². The van der Waals surface area contributed by atoms with E-state index in [1.54, 1.807) is 24.3 Å². The second kappa shape index (κ2) is 9.02. The number of rotatable bonds is 7. The summed E-state index contributed by atoms with van der Waals surface area (Å²) in [4.78, 5) is 9.89. The molecule has 0 saturated heterocycles. The van der Waals surface area contributed by atoms with Crippen molar-refractivity contribution in [2.75, 3.05) is 6.61 Å². The van der Waals surface area contributed by atoms with Crippen molar-refractivity contribution < 1.29 is 9.50 Å². The Morgan fingerprint density at radius 3 is 2.76 bits per heavy atom. The monoisotopic (exact) mass is 413 g/mol. The summed E-state index contributed by atoms with van der Waals surface area (Å²) < 4.78 is 15.3. The number of benzene rings is 1. The van der Waals surface area contributed by atoms with Gasteiger partial charge in [-0.2, -0.15) is 0 Å². The molecule has 2 heterocycles. The van der Waals surface area contributed by atoms with Crippen LogP contribution in [0, 0.1) is 11.7 Å². The molecular formula is C21H24FN5OS. The quantitative estimate of drug-likeness (QED) is 0.313. The highest BCUT2D eigenvalue weighted by Gasteiger charge is 2.20. The van der Waals surface area contributed by atoms with Crippen molar-refractivity contribution in [1.82, 2.24) is 14.7 Å². The molecule has 0 fully saturated rings. The second-order valence-electron chi connectivity index (χ2n) is 6.82. The molecule has 4 N–H and O–H groups in total. The molecule has 1 atom stereocenters. The minimum atomic E-state index is -0.310. The molecule has 3 aromatic rings. The van der Waals surface area contributed by atoms with E-state index < -0.39 is 0 Å². The third-order valence-electron chi connectivity index (χ3n) is 4.44. The Morgan fingerprint density at radius 2 is 2.14 bits per heavy atom. The first-order valence-corrected chi connectivity index (χ1v) is 10.1. The third kappa shape index (κ3) is 4.55. The Hall–Kier alpha value is -2.97. The molecule has 1 unspecified atom stereocenters. The zero-order valence-electron chi connectivity index (χ0n) is 16.3. The standard InChI is InChI=1S/C21H24FN5OS/c1-4-5-16(24-20(23)25-17(12-28)13(2)3)19-18(14-6-8-15(22)9-7-14)26-21-27(19)10-11-29-21/h4-11,13,17,28H,1,12H2,2-3H3,(H3,23,24,25)/b16-5-. The zero-order chi connectivity index (χ0) is 21.0. The summed E-state index contributed by atoms with van der Waals surface area (Å²) in [5.41, 5.74) is 9.00. The van der Waals surface area contributed by atoms with Gasteiger partial charge in [0.1, 0.15) is 5.82 Å². The summed E-state index contributed by atoms with van der Waals surface area (Å²) in [6.45, 7) is 7.63. The summed E-state index contributed by atoms with van der Waals surface area (Å²) in [6.07, 6.45) is 5.33. The van der Waals surface area contributed by atoms with Crippen LogP contribution in [0.1, 0.15) is 19.5 Å². The average Bonchev–Trinajstić information content (AvgIpc) is 3.27. The van der Waals surface area contributed by atoms with Crippen LogP contribution in [0.5, 0.6) is 0 Å². The first-order valence-electron chi connectivity index (χ1n) is 9.20. The van der Waals surface area contributed by atoms with Crippen molar-refractivity contribution in [3.8, 4) is 11.3 Å².